The Morgan fingerprint density at radius 3 is 3.07 bits per heavy atom. The number of aromatic hydroxyl groups is 1. The number of phenols is 1. The number of allylic oxidation sites excluding steroid dienone is 1. The van der Waals surface area contributed by atoms with Crippen molar-refractivity contribution in [3.8, 4) is 5.75 Å². The molecule has 1 aliphatic heterocycles. The van der Waals surface area contributed by atoms with E-state index in [1.54, 1.807) is 37.4 Å². The molecule has 0 bridgehead atoms. The fourth-order valence-electron chi connectivity index (χ4n) is 2.79. The third-order valence-corrected chi connectivity index (χ3v) is 4.10. The average molecular weight is 368 g/mol. The lowest BCUT2D eigenvalue weighted by Gasteiger charge is -2.24. The number of benzene rings is 1. The van der Waals surface area contributed by atoms with Crippen LogP contribution in [0.2, 0.25) is 0 Å². The lowest BCUT2D eigenvalue weighted by Crippen LogP contribution is -2.35. The Labute approximate surface area is 155 Å². The van der Waals surface area contributed by atoms with E-state index in [0.717, 1.165) is 5.56 Å². The van der Waals surface area contributed by atoms with Crippen LogP contribution in [0.5, 0.6) is 5.75 Å². The number of ether oxygens (including phenoxy) is 1. The van der Waals surface area contributed by atoms with E-state index in [4.69, 9.17) is 4.74 Å². The molecule has 2 N–H and O–H groups in total. The Bertz CT molecular complexity index is 978. The third kappa shape index (κ3) is 3.89. The van der Waals surface area contributed by atoms with E-state index in [9.17, 15) is 14.7 Å². The summed E-state index contributed by atoms with van der Waals surface area (Å²) in [6.07, 6.45) is 5.27. The van der Waals surface area contributed by atoms with Crippen LogP contribution >= 0.6 is 0 Å². The number of carbonyl (C=O) groups is 1. The predicted molar refractivity (Wildman–Crippen MR) is 101 cm³/mol. The Morgan fingerprint density at radius 2 is 2.33 bits per heavy atom. The van der Waals surface area contributed by atoms with Gasteiger partial charge in [-0.3, -0.25) is 14.8 Å². The second-order valence-electron chi connectivity index (χ2n) is 6.06. The van der Waals surface area contributed by atoms with Crippen molar-refractivity contribution in [2.45, 2.75) is 26.3 Å². The van der Waals surface area contributed by atoms with E-state index in [1.807, 2.05) is 13.0 Å². The first-order valence-corrected chi connectivity index (χ1v) is 8.58. The van der Waals surface area contributed by atoms with Crippen LogP contribution < -0.4 is 11.0 Å². The molecule has 8 nitrogen and oxygen atoms in total. The van der Waals surface area contributed by atoms with Gasteiger partial charge in [0.25, 0.3) is 5.56 Å². The van der Waals surface area contributed by atoms with E-state index in [0.29, 0.717) is 17.9 Å². The van der Waals surface area contributed by atoms with Gasteiger partial charge in [0.05, 0.1) is 18.5 Å². The number of hydrogen-bond acceptors (Lipinski definition) is 7. The van der Waals surface area contributed by atoms with Gasteiger partial charge in [0.1, 0.15) is 11.3 Å². The summed E-state index contributed by atoms with van der Waals surface area (Å²) in [5, 5.41) is 13.6. The molecular formula is C19H20N4O4. The predicted octanol–water partition coefficient (Wildman–Crippen LogP) is 2.05. The fourth-order valence-corrected chi connectivity index (χ4v) is 2.79. The van der Waals surface area contributed by atoms with E-state index in [-0.39, 0.29) is 24.0 Å². The first kappa shape index (κ1) is 18.4. The monoisotopic (exact) mass is 368 g/mol. The van der Waals surface area contributed by atoms with Crippen LogP contribution in [0.4, 0.5) is 0 Å². The second kappa shape index (κ2) is 7.86. The highest BCUT2D eigenvalue weighted by Gasteiger charge is 2.24. The molecule has 0 radical (unpaired) electrons. The summed E-state index contributed by atoms with van der Waals surface area (Å²) < 4.78 is 6.39. The molecule has 0 saturated heterocycles. The average Bonchev–Trinajstić information content (AvgIpc) is 2.64. The van der Waals surface area contributed by atoms with Gasteiger partial charge in [0, 0.05) is 12.2 Å². The molecule has 1 aliphatic rings. The zero-order valence-corrected chi connectivity index (χ0v) is 15.0. The van der Waals surface area contributed by atoms with Crippen LogP contribution in [-0.2, 0) is 4.74 Å². The van der Waals surface area contributed by atoms with Crippen molar-refractivity contribution in [1.29, 1.82) is 0 Å². The third-order valence-electron chi connectivity index (χ3n) is 4.10. The summed E-state index contributed by atoms with van der Waals surface area (Å²) in [7, 11) is 0. The van der Waals surface area contributed by atoms with Gasteiger partial charge in [-0.25, -0.2) is 9.78 Å². The standard InChI is InChI=1S/C19H20N4O4/c1-3-27-19(26)15-11-20-17-16(8-7-12(2)23(17)18(15)25)22-21-10-13-5-4-6-14(24)9-13/h4-6,8-12,22,24H,3,7H2,1-2H3/b21-10+. The van der Waals surface area contributed by atoms with Crippen LogP contribution in [0.1, 0.15) is 48.1 Å². The molecule has 0 amide bonds. The first-order valence-electron chi connectivity index (χ1n) is 8.58. The number of carbonyl (C=O) groups excluding carboxylic acids is 1. The minimum atomic E-state index is -0.677. The molecule has 2 aromatic rings. The highest BCUT2D eigenvalue weighted by molar-refractivity contribution is 5.88. The van der Waals surface area contributed by atoms with Crippen LogP contribution in [0.25, 0.3) is 5.70 Å². The van der Waals surface area contributed by atoms with Gasteiger partial charge in [-0.1, -0.05) is 18.2 Å². The summed E-state index contributed by atoms with van der Waals surface area (Å²) in [5.41, 5.74) is 3.64. The molecule has 1 unspecified atom stereocenters. The van der Waals surface area contributed by atoms with Crippen molar-refractivity contribution in [2.75, 3.05) is 6.61 Å². The molecule has 0 aliphatic carbocycles. The SMILES string of the molecule is CCOC(=O)c1cnc2n(c1=O)C(C)CC=C2N/N=C/c1cccc(O)c1. The number of hydrazone groups is 1. The van der Waals surface area contributed by atoms with Gasteiger partial charge in [-0.15, -0.1) is 0 Å². The maximum Gasteiger partial charge on any atom is 0.345 e. The topological polar surface area (TPSA) is 106 Å². The summed E-state index contributed by atoms with van der Waals surface area (Å²) >= 11 is 0. The van der Waals surface area contributed by atoms with Gasteiger partial charge in [-0.05, 0) is 38.0 Å². The molecule has 3 rings (SSSR count). The smallest absolute Gasteiger partial charge is 0.345 e. The van der Waals surface area contributed by atoms with Crippen molar-refractivity contribution in [3.63, 3.8) is 0 Å². The van der Waals surface area contributed by atoms with Crippen LogP contribution in [0, 0.1) is 0 Å². The Hall–Kier alpha value is -3.42. The minimum Gasteiger partial charge on any atom is -0.508 e. The van der Waals surface area contributed by atoms with Crippen LogP contribution in [0.15, 0.2) is 46.4 Å². The number of esters is 1. The zero-order chi connectivity index (χ0) is 19.4. The number of nitrogens with zero attached hydrogens (tertiary/aromatic N) is 3. The largest absolute Gasteiger partial charge is 0.508 e. The normalized spacial score (nSPS) is 15.9. The molecule has 8 heteroatoms. The number of aromatic nitrogens is 2. The van der Waals surface area contributed by atoms with Crippen LogP contribution in [0.3, 0.4) is 0 Å². The molecule has 1 atom stereocenters. The van der Waals surface area contributed by atoms with E-state index < -0.39 is 11.5 Å². The van der Waals surface area contributed by atoms with Crippen LogP contribution in [-0.4, -0.2) is 33.4 Å². The molecule has 0 spiro atoms. The lowest BCUT2D eigenvalue weighted by molar-refractivity contribution is 0.0522. The van der Waals surface area contributed by atoms with Crippen molar-refractivity contribution in [1.82, 2.24) is 15.0 Å². The number of rotatable bonds is 5. The highest BCUT2D eigenvalue weighted by Crippen LogP contribution is 2.23. The lowest BCUT2D eigenvalue weighted by atomic mass is 10.1. The van der Waals surface area contributed by atoms with Crippen molar-refractivity contribution in [2.24, 2.45) is 5.10 Å². The quantitative estimate of drug-likeness (QED) is 0.475. The summed E-state index contributed by atoms with van der Waals surface area (Å²) in [4.78, 5) is 28.9. The molecule has 2 heterocycles. The highest BCUT2D eigenvalue weighted by atomic mass is 16.5. The number of hydrogen-bond donors (Lipinski definition) is 2. The molecular weight excluding hydrogens is 348 g/mol. The van der Waals surface area contributed by atoms with Gasteiger partial charge >= 0.3 is 5.97 Å². The van der Waals surface area contributed by atoms with E-state index in [2.05, 4.69) is 15.5 Å². The molecule has 0 saturated carbocycles. The Kier molecular flexibility index (Phi) is 5.35. The number of phenolic OH excluding ortho intramolecular Hbond substituents is 1. The summed E-state index contributed by atoms with van der Waals surface area (Å²) in [6, 6.07) is 6.51. The van der Waals surface area contributed by atoms with Crippen molar-refractivity contribution in [3.05, 3.63) is 63.8 Å². The van der Waals surface area contributed by atoms with Gasteiger partial charge < -0.3 is 9.84 Å². The summed E-state index contributed by atoms with van der Waals surface area (Å²) in [6.45, 7) is 3.75. The minimum absolute atomic E-state index is 0.0861. The fraction of sp³-hybridized carbons (Fsp3) is 0.263. The molecule has 140 valence electrons. The second-order valence-corrected chi connectivity index (χ2v) is 6.06. The maximum absolute atomic E-state index is 12.7. The summed E-state index contributed by atoms with van der Waals surface area (Å²) in [5.74, 6) is -0.127. The number of nitrogens with one attached hydrogen (secondary N) is 1. The Balaban J connectivity index is 1.87. The maximum atomic E-state index is 12.7. The van der Waals surface area contributed by atoms with E-state index >= 15 is 0 Å². The van der Waals surface area contributed by atoms with E-state index in [1.165, 1.54) is 10.8 Å². The molecule has 27 heavy (non-hydrogen) atoms. The van der Waals surface area contributed by atoms with Gasteiger partial charge in [-0.2, -0.15) is 5.10 Å². The van der Waals surface area contributed by atoms with Crippen molar-refractivity contribution < 1.29 is 14.6 Å². The molecule has 1 aromatic carbocycles. The molecule has 0 fully saturated rings. The first-order chi connectivity index (χ1) is 13.0. The zero-order valence-electron chi connectivity index (χ0n) is 15.0. The Morgan fingerprint density at radius 1 is 1.52 bits per heavy atom. The number of fused-ring (bicyclic) bond motifs is 1. The molecule has 1 aromatic heterocycles. The van der Waals surface area contributed by atoms with Gasteiger partial charge in [0.15, 0.2) is 5.82 Å². The van der Waals surface area contributed by atoms with Crippen molar-refractivity contribution >= 4 is 17.9 Å². The van der Waals surface area contributed by atoms with Gasteiger partial charge in [0.2, 0.25) is 0 Å².